The molecule has 384 valence electrons. The van der Waals surface area contributed by atoms with Gasteiger partial charge in [-0.2, -0.15) is 0 Å². The summed E-state index contributed by atoms with van der Waals surface area (Å²) in [5.41, 5.74) is 3.45. The Bertz CT molecular complexity index is 1980. The van der Waals surface area contributed by atoms with Crippen LogP contribution >= 0.6 is 0 Å². The molecule has 0 aromatic heterocycles. The normalized spacial score (nSPS) is 41.5. The summed E-state index contributed by atoms with van der Waals surface area (Å²) in [5.74, 6) is 8.14. The zero-order valence-electron chi connectivity index (χ0n) is 44.2. The van der Waals surface area contributed by atoms with Gasteiger partial charge in [-0.05, 0) is 232 Å². The molecule has 0 heterocycles. The molecule has 2 aromatic carbocycles. The molecule has 0 N–H and O–H groups in total. The second kappa shape index (κ2) is 20.5. The predicted octanol–water partition coefficient (Wildman–Crippen LogP) is 15.5. The average Bonchev–Trinajstić information content (AvgIpc) is 3.91. The first-order chi connectivity index (χ1) is 33.7. The number of carbonyl (C=O) groups is 3. The molecule has 0 aliphatic heterocycles. The van der Waals surface area contributed by atoms with E-state index in [0.29, 0.717) is 83.2 Å². The van der Waals surface area contributed by atoms with Crippen LogP contribution in [0.2, 0.25) is 0 Å². The SMILES string of the molecule is C[C@H](CCC(=O)OCc1ccccc1)[C@H]1CC[C@H]2[C@@H]3CC[C@@H]4C[C@H](OC(=O)O[C@@H]5CC[C@@]6(C)[C@H](CC[C@@H]7[C@@H]6CC[C@]6(C)[C@@H]([C@H](C)CCC(=O)OCc8ccccc8)CC[C@@H]76)C5)CC[C@]4(C)[C@H]3CC[C@]12C. The summed E-state index contributed by atoms with van der Waals surface area (Å²) < 4.78 is 23.9. The second-order valence-electron chi connectivity index (χ2n) is 26.4. The Balaban J connectivity index is 0.665. The Morgan fingerprint density at radius 2 is 0.871 bits per heavy atom. The van der Waals surface area contributed by atoms with Crippen LogP contribution in [0.4, 0.5) is 4.79 Å². The lowest BCUT2D eigenvalue weighted by atomic mass is 9.44. The van der Waals surface area contributed by atoms with Gasteiger partial charge in [0.25, 0.3) is 0 Å². The molecule has 0 saturated heterocycles. The van der Waals surface area contributed by atoms with Crippen molar-refractivity contribution in [3.63, 3.8) is 0 Å². The third kappa shape index (κ3) is 9.66. The molecule has 7 nitrogen and oxygen atoms in total. The summed E-state index contributed by atoms with van der Waals surface area (Å²) in [6, 6.07) is 20.0. The van der Waals surface area contributed by atoms with Crippen LogP contribution in [-0.4, -0.2) is 30.3 Å². The molecule has 0 bridgehead atoms. The van der Waals surface area contributed by atoms with Gasteiger partial charge in [-0.3, -0.25) is 9.59 Å². The maximum Gasteiger partial charge on any atom is 0.508 e. The molecule has 0 amide bonds. The number of carbonyl (C=O) groups excluding carboxylic acids is 3. The lowest BCUT2D eigenvalue weighted by Crippen LogP contribution is -2.54. The monoisotopic (exact) mass is 959 g/mol. The van der Waals surface area contributed by atoms with Gasteiger partial charge in [0.05, 0.1) is 0 Å². The van der Waals surface area contributed by atoms with Crippen molar-refractivity contribution in [2.45, 2.75) is 208 Å². The molecule has 10 rings (SSSR count). The lowest BCUT2D eigenvalue weighted by Gasteiger charge is -2.61. The number of hydrogen-bond donors (Lipinski definition) is 0. The van der Waals surface area contributed by atoms with E-state index in [1.165, 1.54) is 77.0 Å². The molecular formula is C63H90O7. The van der Waals surface area contributed by atoms with E-state index in [2.05, 4.69) is 41.5 Å². The third-order valence-electron chi connectivity index (χ3n) is 23.4. The number of rotatable bonds is 14. The van der Waals surface area contributed by atoms with Gasteiger partial charge in [-0.15, -0.1) is 0 Å². The Morgan fingerprint density at radius 1 is 0.486 bits per heavy atom. The Kier molecular flexibility index (Phi) is 14.7. The summed E-state index contributed by atoms with van der Waals surface area (Å²) in [7, 11) is 0. The molecule has 7 heteroatoms. The van der Waals surface area contributed by atoms with Crippen molar-refractivity contribution in [2.75, 3.05) is 0 Å². The van der Waals surface area contributed by atoms with Gasteiger partial charge in [-0.1, -0.05) is 102 Å². The molecule has 18 atom stereocenters. The standard InChI is InChI=1S/C63H90O7/c1-41(17-27-57(64)67-39-43-13-9-7-10-14-43)51-23-25-53-49-21-19-45-37-47(29-33-60(45,3)55(49)31-35-62(51,53)5)69-59(66)70-48-30-34-61(4)46(38-48)20-22-50-54-26-24-52(63(54,6)36-32-56(50)61)42(2)18-28-58(65)68-40-44-15-11-8-12-16-44/h7-16,41-42,45-56H,17-40H2,1-6H3/t41-,42-,45-,46-,47-,48-,49+,50+,51-,52-,53+,54+,55+,56+,60+,61+,62-,63-/m1/s1. The van der Waals surface area contributed by atoms with Crippen molar-refractivity contribution in [2.24, 2.45) is 92.7 Å². The highest BCUT2D eigenvalue weighted by atomic mass is 16.7. The van der Waals surface area contributed by atoms with Gasteiger partial charge in [0, 0.05) is 12.8 Å². The highest BCUT2D eigenvalue weighted by Gasteiger charge is 2.63. The van der Waals surface area contributed by atoms with Crippen LogP contribution in [0, 0.1) is 92.7 Å². The van der Waals surface area contributed by atoms with E-state index in [1.54, 1.807) is 0 Å². The van der Waals surface area contributed by atoms with Gasteiger partial charge in [0.2, 0.25) is 0 Å². The molecule has 8 saturated carbocycles. The van der Waals surface area contributed by atoms with E-state index in [4.69, 9.17) is 18.9 Å². The Hall–Kier alpha value is -3.35. The van der Waals surface area contributed by atoms with E-state index >= 15 is 0 Å². The Labute approximate surface area is 422 Å². The number of ether oxygens (including phenoxy) is 4. The van der Waals surface area contributed by atoms with E-state index in [1.807, 2.05) is 60.7 Å². The smallest absolute Gasteiger partial charge is 0.461 e. The fraction of sp³-hybridized carbons (Fsp3) is 0.762. The zero-order valence-corrected chi connectivity index (χ0v) is 44.2. The minimum Gasteiger partial charge on any atom is -0.461 e. The van der Waals surface area contributed by atoms with Gasteiger partial charge >= 0.3 is 18.1 Å². The fourth-order valence-electron chi connectivity index (χ4n) is 19.6. The molecule has 8 aliphatic rings. The summed E-state index contributed by atoms with van der Waals surface area (Å²) in [4.78, 5) is 39.2. The van der Waals surface area contributed by atoms with Crippen LogP contribution in [-0.2, 0) is 41.8 Å². The van der Waals surface area contributed by atoms with E-state index in [9.17, 15) is 14.4 Å². The Morgan fingerprint density at radius 3 is 1.29 bits per heavy atom. The first-order valence-corrected chi connectivity index (χ1v) is 28.9. The molecule has 70 heavy (non-hydrogen) atoms. The largest absolute Gasteiger partial charge is 0.508 e. The molecule has 0 spiro atoms. The number of esters is 2. The topological polar surface area (TPSA) is 88.1 Å². The van der Waals surface area contributed by atoms with Gasteiger partial charge < -0.3 is 18.9 Å². The van der Waals surface area contributed by atoms with Crippen molar-refractivity contribution in [3.8, 4) is 0 Å². The maximum absolute atomic E-state index is 13.7. The van der Waals surface area contributed by atoms with Crippen LogP contribution in [0.1, 0.15) is 194 Å². The lowest BCUT2D eigenvalue weighted by molar-refractivity contribution is -0.146. The number of benzene rings is 2. The second-order valence-corrected chi connectivity index (χ2v) is 26.4. The van der Waals surface area contributed by atoms with Crippen LogP contribution in [0.5, 0.6) is 0 Å². The van der Waals surface area contributed by atoms with Crippen molar-refractivity contribution >= 4 is 18.1 Å². The van der Waals surface area contributed by atoms with Crippen LogP contribution < -0.4 is 0 Å². The fourth-order valence-corrected chi connectivity index (χ4v) is 19.6. The van der Waals surface area contributed by atoms with Crippen LogP contribution in [0.25, 0.3) is 0 Å². The molecule has 8 fully saturated rings. The van der Waals surface area contributed by atoms with Crippen molar-refractivity contribution in [1.82, 2.24) is 0 Å². The van der Waals surface area contributed by atoms with Gasteiger partial charge in [-0.25, -0.2) is 4.79 Å². The summed E-state index contributed by atoms with van der Waals surface area (Å²) >= 11 is 0. The summed E-state index contributed by atoms with van der Waals surface area (Å²) in [5, 5.41) is 0. The first-order valence-electron chi connectivity index (χ1n) is 28.9. The van der Waals surface area contributed by atoms with Crippen molar-refractivity contribution in [3.05, 3.63) is 71.8 Å². The predicted molar refractivity (Wildman–Crippen MR) is 275 cm³/mol. The zero-order chi connectivity index (χ0) is 48.8. The minimum absolute atomic E-state index is 0.0284. The van der Waals surface area contributed by atoms with E-state index in [0.717, 1.165) is 98.0 Å². The summed E-state index contributed by atoms with van der Waals surface area (Å²) in [6.45, 7) is 16.0. The van der Waals surface area contributed by atoms with Crippen LogP contribution in [0.15, 0.2) is 60.7 Å². The first kappa shape index (κ1) is 50.2. The highest BCUT2D eigenvalue weighted by Crippen LogP contribution is 2.70. The number of fused-ring (bicyclic) bond motifs is 10. The van der Waals surface area contributed by atoms with Crippen molar-refractivity contribution in [1.29, 1.82) is 0 Å². The molecule has 2 aromatic rings. The van der Waals surface area contributed by atoms with Gasteiger partial charge in [0.1, 0.15) is 25.4 Å². The van der Waals surface area contributed by atoms with E-state index in [-0.39, 0.29) is 24.1 Å². The van der Waals surface area contributed by atoms with Gasteiger partial charge in [0.15, 0.2) is 0 Å². The maximum atomic E-state index is 13.7. The van der Waals surface area contributed by atoms with Crippen LogP contribution in [0.3, 0.4) is 0 Å². The summed E-state index contributed by atoms with van der Waals surface area (Å²) in [6.07, 6.45) is 24.3. The quantitative estimate of drug-likeness (QED) is 0.138. The molecule has 0 unspecified atom stereocenters. The average molecular weight is 959 g/mol. The minimum atomic E-state index is -0.405. The van der Waals surface area contributed by atoms with E-state index < -0.39 is 6.16 Å². The molecule has 8 aliphatic carbocycles. The molecular weight excluding hydrogens is 869 g/mol. The van der Waals surface area contributed by atoms with Crippen molar-refractivity contribution < 1.29 is 33.3 Å². The number of hydrogen-bond acceptors (Lipinski definition) is 7. The highest BCUT2D eigenvalue weighted by molar-refractivity contribution is 5.69. The third-order valence-corrected chi connectivity index (χ3v) is 23.4. The molecule has 0 radical (unpaired) electrons.